The second-order valence-corrected chi connectivity index (χ2v) is 3.91. The quantitative estimate of drug-likeness (QED) is 0.598. The summed E-state index contributed by atoms with van der Waals surface area (Å²) in [4.78, 5) is 11.5. The van der Waals surface area contributed by atoms with Crippen LogP contribution in [-0.2, 0) is 4.79 Å². The lowest BCUT2D eigenvalue weighted by Gasteiger charge is -2.08. The number of nitriles is 1. The van der Waals surface area contributed by atoms with E-state index < -0.39 is 0 Å². The number of benzene rings is 1. The third kappa shape index (κ3) is 5.61. The average molecular weight is 256 g/mol. The van der Waals surface area contributed by atoms with Gasteiger partial charge in [0, 0.05) is 13.0 Å². The second-order valence-electron chi connectivity index (χ2n) is 3.91. The third-order valence-corrected chi connectivity index (χ3v) is 2.44. The van der Waals surface area contributed by atoms with Crippen LogP contribution in [0.4, 0.5) is 0 Å². The number of carbonyl (C=O) groups is 1. The van der Waals surface area contributed by atoms with Crippen LogP contribution in [0, 0.1) is 23.7 Å². The molecule has 0 radical (unpaired) electrons. The molecule has 0 bridgehead atoms. The fourth-order valence-electron chi connectivity index (χ4n) is 1.46. The Morgan fingerprint density at radius 2 is 2.16 bits per heavy atom. The molecule has 0 saturated heterocycles. The number of unbranched alkanes of at least 4 members (excludes halogenated alkanes) is 2. The zero-order valence-corrected chi connectivity index (χ0v) is 10.7. The van der Waals surface area contributed by atoms with Crippen molar-refractivity contribution in [2.24, 2.45) is 0 Å². The van der Waals surface area contributed by atoms with Crippen LogP contribution in [0.1, 0.15) is 24.8 Å². The standard InChI is InChI=1S/C15H16N2O2/c1-2-3-4-7-10-17-15(18)12-19-14-9-6-5-8-13(14)11-16/h1,5-6,8-9H,3-4,7,10,12H2,(H,17,18). The lowest BCUT2D eigenvalue weighted by molar-refractivity contribution is -0.123. The number of ether oxygens (including phenoxy) is 1. The molecule has 0 atom stereocenters. The summed E-state index contributed by atoms with van der Waals surface area (Å²) in [6.45, 7) is 0.498. The molecule has 1 N–H and O–H groups in total. The summed E-state index contributed by atoms with van der Waals surface area (Å²) in [5.41, 5.74) is 0.421. The molecule has 0 aliphatic heterocycles. The van der Waals surface area contributed by atoms with E-state index in [0.717, 1.165) is 19.3 Å². The number of nitrogens with zero attached hydrogens (tertiary/aromatic N) is 1. The Balaban J connectivity index is 2.27. The van der Waals surface area contributed by atoms with Gasteiger partial charge in [-0.2, -0.15) is 5.26 Å². The summed E-state index contributed by atoms with van der Waals surface area (Å²) < 4.78 is 5.30. The Hall–Kier alpha value is -2.46. The molecule has 1 rings (SSSR count). The molecule has 0 heterocycles. The molecule has 0 spiro atoms. The van der Waals surface area contributed by atoms with E-state index in [1.807, 2.05) is 6.07 Å². The number of terminal acetylenes is 1. The minimum atomic E-state index is -0.201. The van der Waals surface area contributed by atoms with Crippen molar-refractivity contribution in [2.75, 3.05) is 13.2 Å². The molecule has 1 aromatic carbocycles. The van der Waals surface area contributed by atoms with Crippen LogP contribution in [0.25, 0.3) is 0 Å². The first-order valence-corrected chi connectivity index (χ1v) is 6.10. The van der Waals surface area contributed by atoms with Crippen molar-refractivity contribution in [3.8, 4) is 24.2 Å². The first-order chi connectivity index (χ1) is 9.27. The summed E-state index contributed by atoms with van der Waals surface area (Å²) in [6.07, 6.45) is 7.60. The number of hydrogen-bond acceptors (Lipinski definition) is 3. The van der Waals surface area contributed by atoms with Gasteiger partial charge >= 0.3 is 0 Å². The van der Waals surface area contributed by atoms with Crippen LogP contribution in [0.15, 0.2) is 24.3 Å². The molecule has 0 fully saturated rings. The number of para-hydroxylation sites is 1. The third-order valence-electron chi connectivity index (χ3n) is 2.44. The molecule has 0 unspecified atom stereocenters. The van der Waals surface area contributed by atoms with E-state index in [0.29, 0.717) is 17.9 Å². The molecule has 1 amide bonds. The van der Waals surface area contributed by atoms with Crippen molar-refractivity contribution in [1.29, 1.82) is 5.26 Å². The summed E-state index contributed by atoms with van der Waals surface area (Å²) in [7, 11) is 0. The zero-order valence-electron chi connectivity index (χ0n) is 10.7. The van der Waals surface area contributed by atoms with Crippen LogP contribution >= 0.6 is 0 Å². The van der Waals surface area contributed by atoms with Crippen molar-refractivity contribution in [2.45, 2.75) is 19.3 Å². The van der Waals surface area contributed by atoms with Gasteiger partial charge < -0.3 is 10.1 Å². The monoisotopic (exact) mass is 256 g/mol. The molecule has 0 aromatic heterocycles. The SMILES string of the molecule is C#CCCCCNC(=O)COc1ccccc1C#N. The van der Waals surface area contributed by atoms with Gasteiger partial charge in [-0.3, -0.25) is 4.79 Å². The fraction of sp³-hybridized carbons (Fsp3) is 0.333. The predicted molar refractivity (Wildman–Crippen MR) is 72.3 cm³/mol. The summed E-state index contributed by atoms with van der Waals surface area (Å²) in [5, 5.41) is 11.6. The molecule has 0 aliphatic carbocycles. The van der Waals surface area contributed by atoms with E-state index in [-0.39, 0.29) is 12.5 Å². The van der Waals surface area contributed by atoms with E-state index in [4.69, 9.17) is 16.4 Å². The van der Waals surface area contributed by atoms with Crippen LogP contribution < -0.4 is 10.1 Å². The lowest BCUT2D eigenvalue weighted by Crippen LogP contribution is -2.29. The van der Waals surface area contributed by atoms with Crippen LogP contribution in [0.3, 0.4) is 0 Å². The van der Waals surface area contributed by atoms with Crippen molar-refractivity contribution >= 4 is 5.91 Å². The molecule has 0 aliphatic rings. The van der Waals surface area contributed by atoms with Crippen LogP contribution in [0.5, 0.6) is 5.75 Å². The van der Waals surface area contributed by atoms with Gasteiger partial charge in [-0.1, -0.05) is 12.1 Å². The Morgan fingerprint density at radius 3 is 2.89 bits per heavy atom. The molecule has 0 saturated carbocycles. The highest BCUT2D eigenvalue weighted by Crippen LogP contribution is 2.15. The Morgan fingerprint density at radius 1 is 1.37 bits per heavy atom. The van der Waals surface area contributed by atoms with Gasteiger partial charge in [0.2, 0.25) is 0 Å². The van der Waals surface area contributed by atoms with Crippen molar-refractivity contribution in [1.82, 2.24) is 5.32 Å². The topological polar surface area (TPSA) is 62.1 Å². The molecule has 1 aromatic rings. The first-order valence-electron chi connectivity index (χ1n) is 6.10. The van der Waals surface area contributed by atoms with Gasteiger partial charge in [0.25, 0.3) is 5.91 Å². The number of nitrogens with one attached hydrogen (secondary N) is 1. The van der Waals surface area contributed by atoms with Gasteiger partial charge in [-0.25, -0.2) is 0 Å². The van der Waals surface area contributed by atoms with Crippen molar-refractivity contribution in [3.63, 3.8) is 0 Å². The van der Waals surface area contributed by atoms with Gasteiger partial charge in [-0.15, -0.1) is 12.3 Å². The van der Waals surface area contributed by atoms with Crippen LogP contribution in [0.2, 0.25) is 0 Å². The van der Waals surface area contributed by atoms with E-state index in [2.05, 4.69) is 11.2 Å². The molecular weight excluding hydrogens is 240 g/mol. The van der Waals surface area contributed by atoms with Gasteiger partial charge in [0.1, 0.15) is 11.8 Å². The molecular formula is C15H16N2O2. The molecule has 4 nitrogen and oxygen atoms in total. The van der Waals surface area contributed by atoms with Crippen LogP contribution in [-0.4, -0.2) is 19.1 Å². The Bertz CT molecular complexity index is 498. The summed E-state index contributed by atoms with van der Waals surface area (Å²) in [5.74, 6) is 2.77. The number of rotatable bonds is 7. The highest BCUT2D eigenvalue weighted by molar-refractivity contribution is 5.77. The molecule has 19 heavy (non-hydrogen) atoms. The number of hydrogen-bond donors (Lipinski definition) is 1. The van der Waals surface area contributed by atoms with Gasteiger partial charge in [-0.05, 0) is 25.0 Å². The van der Waals surface area contributed by atoms with Gasteiger partial charge in [0.05, 0.1) is 5.56 Å². The maximum Gasteiger partial charge on any atom is 0.257 e. The first kappa shape index (κ1) is 14.6. The molecule has 4 heteroatoms. The number of carbonyl (C=O) groups excluding carboxylic acids is 1. The Kier molecular flexibility index (Phi) is 6.61. The molecule has 98 valence electrons. The van der Waals surface area contributed by atoms with E-state index in [9.17, 15) is 4.79 Å². The predicted octanol–water partition coefficient (Wildman–Crippen LogP) is 1.86. The van der Waals surface area contributed by atoms with Crippen molar-refractivity contribution in [3.05, 3.63) is 29.8 Å². The normalized spacial score (nSPS) is 9.16. The highest BCUT2D eigenvalue weighted by Gasteiger charge is 2.05. The number of amides is 1. The summed E-state index contributed by atoms with van der Waals surface area (Å²) in [6, 6.07) is 8.83. The maximum absolute atomic E-state index is 11.5. The smallest absolute Gasteiger partial charge is 0.257 e. The minimum absolute atomic E-state index is 0.0895. The van der Waals surface area contributed by atoms with Gasteiger partial charge in [0.15, 0.2) is 6.61 Å². The highest BCUT2D eigenvalue weighted by atomic mass is 16.5. The van der Waals surface area contributed by atoms with E-state index in [1.165, 1.54) is 0 Å². The maximum atomic E-state index is 11.5. The largest absolute Gasteiger partial charge is 0.482 e. The fourth-order valence-corrected chi connectivity index (χ4v) is 1.46. The second kappa shape index (κ2) is 8.60. The minimum Gasteiger partial charge on any atom is -0.482 e. The summed E-state index contributed by atoms with van der Waals surface area (Å²) >= 11 is 0. The van der Waals surface area contributed by atoms with E-state index in [1.54, 1.807) is 24.3 Å². The average Bonchev–Trinajstić information content (AvgIpc) is 2.45. The van der Waals surface area contributed by atoms with Crippen molar-refractivity contribution < 1.29 is 9.53 Å². The van der Waals surface area contributed by atoms with E-state index >= 15 is 0 Å². The Labute approximate surface area is 113 Å². The lowest BCUT2D eigenvalue weighted by atomic mass is 10.2. The zero-order chi connectivity index (χ0) is 13.9.